The molecule has 0 atom stereocenters. The van der Waals surface area contributed by atoms with Crippen molar-refractivity contribution in [3.05, 3.63) is 148 Å². The summed E-state index contributed by atoms with van der Waals surface area (Å²) in [4.78, 5) is 5.51. The van der Waals surface area contributed by atoms with Crippen molar-refractivity contribution in [2.45, 2.75) is 206 Å². The third-order valence-corrected chi connectivity index (χ3v) is 20.9. The molecule has 2 nitrogen and oxygen atoms in total. The van der Waals surface area contributed by atoms with Crippen LogP contribution in [0, 0.1) is 0 Å². The number of hydrogen-bond donors (Lipinski definition) is 0. The van der Waals surface area contributed by atoms with E-state index in [0.717, 1.165) is 0 Å². The molecule has 0 saturated heterocycles. The van der Waals surface area contributed by atoms with E-state index in [1.165, 1.54) is 154 Å². The van der Waals surface area contributed by atoms with Crippen molar-refractivity contribution in [1.29, 1.82) is 0 Å². The van der Waals surface area contributed by atoms with Crippen LogP contribution < -0.4 is 26.2 Å². The topological polar surface area (TPSA) is 6.48 Å². The van der Waals surface area contributed by atoms with E-state index in [-0.39, 0.29) is 50.0 Å². The van der Waals surface area contributed by atoms with E-state index < -0.39 is 0 Å². The van der Waals surface area contributed by atoms with Gasteiger partial charge in [0.25, 0.3) is 6.71 Å². The van der Waals surface area contributed by atoms with Crippen molar-refractivity contribution in [1.82, 2.24) is 0 Å². The highest BCUT2D eigenvalue weighted by Gasteiger charge is 2.50. The number of thiophene rings is 1. The molecule has 6 aromatic carbocycles. The maximum absolute atomic E-state index is 2.76. The second-order valence-corrected chi connectivity index (χ2v) is 30.9. The van der Waals surface area contributed by atoms with Crippen molar-refractivity contribution in [2.24, 2.45) is 0 Å². The minimum atomic E-state index is -0.0537. The van der Waals surface area contributed by atoms with E-state index in [1.807, 2.05) is 11.3 Å². The van der Waals surface area contributed by atoms with Crippen LogP contribution in [0.2, 0.25) is 0 Å². The van der Waals surface area contributed by atoms with Crippen LogP contribution in [-0.2, 0) is 43.3 Å². The molecule has 1 aromatic heterocycles. The molecule has 7 aromatic rings. The Bertz CT molecular complexity index is 3460. The lowest BCUT2D eigenvalue weighted by Crippen LogP contribution is -2.61. The van der Waals surface area contributed by atoms with Gasteiger partial charge < -0.3 is 9.80 Å². The lowest BCUT2D eigenvalue weighted by Gasteiger charge is -2.47. The lowest BCUT2D eigenvalue weighted by molar-refractivity contribution is 0.332. The molecule has 0 fully saturated rings. The van der Waals surface area contributed by atoms with E-state index in [1.54, 1.807) is 0 Å². The largest absolute Gasteiger partial charge is 0.311 e. The van der Waals surface area contributed by atoms with Gasteiger partial charge in [-0.1, -0.05) is 173 Å². The van der Waals surface area contributed by atoms with Gasteiger partial charge in [0.15, 0.2) is 0 Å². The molecule has 0 unspecified atom stereocenters. The number of rotatable bonds is 3. The van der Waals surface area contributed by atoms with Gasteiger partial charge in [-0.2, -0.15) is 0 Å². The molecular formula is C70H83BN2S. The zero-order valence-corrected chi connectivity index (χ0v) is 49.3. The summed E-state index contributed by atoms with van der Waals surface area (Å²) in [6.45, 7) is 44.3. The van der Waals surface area contributed by atoms with Gasteiger partial charge in [0, 0.05) is 33.1 Å². The summed E-state index contributed by atoms with van der Waals surface area (Å²) in [5, 5.41) is 2.81. The first-order chi connectivity index (χ1) is 34.4. The first-order valence-corrected chi connectivity index (χ1v) is 29.1. The zero-order chi connectivity index (χ0) is 52.8. The molecule has 0 N–H and O–H groups in total. The summed E-state index contributed by atoms with van der Waals surface area (Å²) in [6, 6.07) is 42.5. The average molecular weight is 995 g/mol. The molecule has 0 bridgehead atoms. The summed E-state index contributed by atoms with van der Waals surface area (Å²) in [5.41, 5.74) is 25.5. The summed E-state index contributed by atoms with van der Waals surface area (Å²) < 4.78 is 1.41. The molecule has 382 valence electrons. The van der Waals surface area contributed by atoms with E-state index in [4.69, 9.17) is 0 Å². The van der Waals surface area contributed by atoms with Gasteiger partial charge in [-0.25, -0.2) is 0 Å². The highest BCUT2D eigenvalue weighted by atomic mass is 32.1. The third kappa shape index (κ3) is 7.51. The first-order valence-electron chi connectivity index (χ1n) is 28.3. The van der Waals surface area contributed by atoms with Gasteiger partial charge in [0.05, 0.1) is 5.00 Å². The maximum Gasteiger partial charge on any atom is 0.254 e. The second kappa shape index (κ2) is 15.8. The number of hydrogen-bond acceptors (Lipinski definition) is 3. The summed E-state index contributed by atoms with van der Waals surface area (Å²) in [7, 11) is 0. The third-order valence-electron chi connectivity index (χ3n) is 19.7. The summed E-state index contributed by atoms with van der Waals surface area (Å²) in [5.74, 6) is 0. The standard InChI is InChI=1S/C70H83BN2S/c1-63(2,3)44-34-45(64(4,5)6)36-47(35-44)72-56-40-53-52(68(13,14)29-30-69(53,15)16)39-55(56)71-60-48-38-51-54(70(17,18)31-28-67(51,11)12)41-59(48)74-62(60)73(46-24-25-49-50(37-46)66(9,10)27-26-65(49,7)8)58-33-43(32-57(72)61(58)71)42-22-20-19-21-23-42/h19-25,32-41H,26-31H2,1-18H3. The van der Waals surface area contributed by atoms with Crippen molar-refractivity contribution in [3.8, 4) is 11.1 Å². The van der Waals surface area contributed by atoms with Gasteiger partial charge in [0.1, 0.15) is 0 Å². The van der Waals surface area contributed by atoms with Crippen LogP contribution in [0.1, 0.15) is 208 Å². The molecule has 2 aliphatic heterocycles. The normalized spacial score (nSPS) is 20.3. The fraction of sp³-hybridized carbons (Fsp3) is 0.457. The fourth-order valence-electron chi connectivity index (χ4n) is 14.3. The molecule has 0 amide bonds. The van der Waals surface area contributed by atoms with Gasteiger partial charge in [-0.3, -0.25) is 0 Å². The van der Waals surface area contributed by atoms with Crippen LogP contribution in [0.4, 0.5) is 33.4 Å². The Kier molecular flexibility index (Phi) is 10.6. The Morgan fingerprint density at radius 1 is 0.405 bits per heavy atom. The Balaban J connectivity index is 1.27. The van der Waals surface area contributed by atoms with Gasteiger partial charge in [-0.05, 0) is 214 Å². The van der Waals surface area contributed by atoms with E-state index in [9.17, 15) is 0 Å². The van der Waals surface area contributed by atoms with Crippen molar-refractivity contribution < 1.29 is 0 Å². The minimum absolute atomic E-state index is 0.0147. The van der Waals surface area contributed by atoms with Crippen LogP contribution in [0.15, 0.2) is 103 Å². The number of anilines is 6. The molecule has 0 radical (unpaired) electrons. The molecule has 3 heterocycles. The van der Waals surface area contributed by atoms with Gasteiger partial charge in [0.2, 0.25) is 0 Å². The number of fused-ring (bicyclic) bond motifs is 9. The van der Waals surface area contributed by atoms with Crippen molar-refractivity contribution in [2.75, 3.05) is 9.80 Å². The Hall–Kier alpha value is -5.06. The Morgan fingerprint density at radius 2 is 0.878 bits per heavy atom. The summed E-state index contributed by atoms with van der Waals surface area (Å²) >= 11 is 2.05. The maximum atomic E-state index is 2.76. The Morgan fingerprint density at radius 3 is 1.42 bits per heavy atom. The van der Waals surface area contributed by atoms with Crippen LogP contribution in [0.25, 0.3) is 21.2 Å². The smallest absolute Gasteiger partial charge is 0.254 e. The number of benzene rings is 6. The van der Waals surface area contributed by atoms with Crippen LogP contribution in [0.3, 0.4) is 0 Å². The zero-order valence-electron chi connectivity index (χ0n) is 48.4. The average Bonchev–Trinajstić information content (AvgIpc) is 3.70. The molecule has 0 saturated carbocycles. The minimum Gasteiger partial charge on any atom is -0.311 e. The fourth-order valence-corrected chi connectivity index (χ4v) is 15.6. The molecule has 5 aliphatic rings. The highest BCUT2D eigenvalue weighted by Crippen LogP contribution is 2.56. The molecule has 0 spiro atoms. The number of nitrogens with zero attached hydrogens (tertiary/aromatic N) is 2. The second-order valence-electron chi connectivity index (χ2n) is 29.9. The predicted molar refractivity (Wildman–Crippen MR) is 325 cm³/mol. The van der Waals surface area contributed by atoms with Crippen molar-refractivity contribution in [3.63, 3.8) is 0 Å². The molecule has 12 rings (SSSR count). The lowest BCUT2D eigenvalue weighted by atomic mass is 9.33. The molecular weight excluding hydrogens is 912 g/mol. The van der Waals surface area contributed by atoms with Gasteiger partial charge in [-0.15, -0.1) is 11.3 Å². The molecule has 4 heteroatoms. The van der Waals surface area contributed by atoms with Gasteiger partial charge >= 0.3 is 0 Å². The van der Waals surface area contributed by atoms with Crippen molar-refractivity contribution >= 4 is 78.0 Å². The van der Waals surface area contributed by atoms with E-state index in [2.05, 4.69) is 238 Å². The SMILES string of the molecule is CC(C)(C)c1cc(N2c3cc4c(cc3B3c5c2cc(-c2ccccc2)cc5N(c2ccc5c(c2)C(C)(C)CCC5(C)C)c2sc5cc6c(cc5c23)C(C)(C)CCC6(C)C)C(C)(C)CCC4(C)C)cc(C(C)(C)C)c1. The van der Waals surface area contributed by atoms with Crippen LogP contribution in [0.5, 0.6) is 0 Å². The van der Waals surface area contributed by atoms with E-state index >= 15 is 0 Å². The summed E-state index contributed by atoms with van der Waals surface area (Å²) in [6.07, 6.45) is 7.11. The highest BCUT2D eigenvalue weighted by molar-refractivity contribution is 7.26. The Labute approximate surface area is 450 Å². The van der Waals surface area contributed by atoms with E-state index in [0.29, 0.717) is 0 Å². The monoisotopic (exact) mass is 995 g/mol. The predicted octanol–water partition coefficient (Wildman–Crippen LogP) is 18.3. The molecule has 3 aliphatic carbocycles. The first kappa shape index (κ1) is 49.8. The molecule has 74 heavy (non-hydrogen) atoms. The van der Waals surface area contributed by atoms with Crippen LogP contribution >= 0.6 is 11.3 Å². The quantitative estimate of drug-likeness (QED) is 0.163. The van der Waals surface area contributed by atoms with Crippen LogP contribution in [-0.4, -0.2) is 6.71 Å².